The number of benzene rings is 2. The second-order valence-electron chi connectivity index (χ2n) is 6.40. The minimum absolute atomic E-state index is 0.179. The third-order valence-electron chi connectivity index (χ3n) is 4.55. The van der Waals surface area contributed by atoms with E-state index in [0.717, 1.165) is 16.9 Å². The van der Waals surface area contributed by atoms with Crippen molar-refractivity contribution in [3.63, 3.8) is 0 Å². The molecule has 1 atom stereocenters. The molecular formula is C20H22N2O4. The molecule has 3 amide bonds. The third kappa shape index (κ3) is 3.35. The van der Waals surface area contributed by atoms with Crippen LogP contribution in [0.5, 0.6) is 11.5 Å². The zero-order chi connectivity index (χ0) is 18.7. The predicted octanol–water partition coefficient (Wildman–Crippen LogP) is 2.85. The first-order chi connectivity index (χ1) is 12.4. The summed E-state index contributed by atoms with van der Waals surface area (Å²) in [6, 6.07) is 14.3. The van der Waals surface area contributed by atoms with Gasteiger partial charge in [0, 0.05) is 0 Å². The van der Waals surface area contributed by atoms with Gasteiger partial charge in [-0.25, -0.2) is 4.79 Å². The summed E-state index contributed by atoms with van der Waals surface area (Å²) in [7, 11) is 1.60. The Bertz CT molecular complexity index is 802. The molecule has 6 heteroatoms. The lowest BCUT2D eigenvalue weighted by Gasteiger charge is -2.22. The third-order valence-corrected chi connectivity index (χ3v) is 4.55. The maximum absolute atomic E-state index is 12.8. The van der Waals surface area contributed by atoms with E-state index in [1.165, 1.54) is 4.90 Å². The van der Waals surface area contributed by atoms with Gasteiger partial charge in [0.05, 0.1) is 13.7 Å². The molecule has 0 radical (unpaired) electrons. The molecule has 2 aromatic rings. The molecule has 0 unspecified atom stereocenters. The number of rotatable bonds is 6. The van der Waals surface area contributed by atoms with E-state index in [1.54, 1.807) is 38.3 Å². The van der Waals surface area contributed by atoms with E-state index in [0.29, 0.717) is 5.75 Å². The van der Waals surface area contributed by atoms with Crippen LogP contribution in [0.25, 0.3) is 0 Å². The van der Waals surface area contributed by atoms with E-state index in [4.69, 9.17) is 9.47 Å². The lowest BCUT2D eigenvalue weighted by atomic mass is 9.91. The fraction of sp³-hybridized carbons (Fsp3) is 0.300. The Hall–Kier alpha value is -3.02. The highest BCUT2D eigenvalue weighted by atomic mass is 16.5. The maximum atomic E-state index is 12.8. The van der Waals surface area contributed by atoms with Crippen molar-refractivity contribution in [1.29, 1.82) is 0 Å². The largest absolute Gasteiger partial charge is 0.497 e. The van der Waals surface area contributed by atoms with Gasteiger partial charge < -0.3 is 14.8 Å². The second kappa shape index (κ2) is 7.07. The summed E-state index contributed by atoms with van der Waals surface area (Å²) >= 11 is 0. The van der Waals surface area contributed by atoms with Crippen LogP contribution < -0.4 is 14.8 Å². The summed E-state index contributed by atoms with van der Waals surface area (Å²) in [5, 5.41) is 2.79. The van der Waals surface area contributed by atoms with E-state index in [-0.39, 0.29) is 19.1 Å². The van der Waals surface area contributed by atoms with Gasteiger partial charge in [-0.3, -0.25) is 9.69 Å². The molecule has 2 aromatic carbocycles. The number of imide groups is 1. The summed E-state index contributed by atoms with van der Waals surface area (Å²) in [5.74, 6) is 1.11. The number of urea groups is 1. The van der Waals surface area contributed by atoms with Crippen LogP contribution in [-0.2, 0) is 10.3 Å². The highest BCUT2D eigenvalue weighted by molar-refractivity contribution is 6.07. The second-order valence-corrected chi connectivity index (χ2v) is 6.40. The summed E-state index contributed by atoms with van der Waals surface area (Å²) in [4.78, 5) is 26.3. The van der Waals surface area contributed by atoms with Crippen molar-refractivity contribution in [2.24, 2.45) is 0 Å². The smallest absolute Gasteiger partial charge is 0.325 e. The number of nitrogens with one attached hydrogen (secondary N) is 1. The van der Waals surface area contributed by atoms with Crippen LogP contribution in [-0.4, -0.2) is 37.1 Å². The lowest BCUT2D eigenvalue weighted by Crippen LogP contribution is -2.41. The van der Waals surface area contributed by atoms with E-state index >= 15 is 0 Å². The van der Waals surface area contributed by atoms with Crippen molar-refractivity contribution >= 4 is 11.9 Å². The van der Waals surface area contributed by atoms with Crippen LogP contribution in [0.4, 0.5) is 4.79 Å². The fourth-order valence-corrected chi connectivity index (χ4v) is 2.91. The summed E-state index contributed by atoms with van der Waals surface area (Å²) in [6.07, 6.45) is 0. The molecule has 1 fully saturated rings. The number of aryl methyl sites for hydroxylation is 1. The Labute approximate surface area is 152 Å². The van der Waals surface area contributed by atoms with Crippen molar-refractivity contribution in [1.82, 2.24) is 10.2 Å². The lowest BCUT2D eigenvalue weighted by molar-refractivity contribution is -0.131. The SMILES string of the molecule is COc1ccc(OCCN2C(=O)N[C@@](C)(c3ccc(C)cc3)C2=O)cc1. The van der Waals surface area contributed by atoms with Crippen LogP contribution in [0.2, 0.25) is 0 Å². The molecule has 0 aromatic heterocycles. The van der Waals surface area contributed by atoms with Gasteiger partial charge in [0.25, 0.3) is 5.91 Å². The molecule has 0 saturated carbocycles. The Morgan fingerprint density at radius 1 is 1.00 bits per heavy atom. The minimum Gasteiger partial charge on any atom is -0.497 e. The molecule has 1 aliphatic rings. The molecule has 1 aliphatic heterocycles. The molecule has 3 rings (SSSR count). The molecule has 136 valence electrons. The van der Waals surface area contributed by atoms with Crippen LogP contribution in [0.1, 0.15) is 18.1 Å². The van der Waals surface area contributed by atoms with Gasteiger partial charge in [-0.1, -0.05) is 29.8 Å². The van der Waals surface area contributed by atoms with Gasteiger partial charge in [0.1, 0.15) is 23.6 Å². The first-order valence-electron chi connectivity index (χ1n) is 8.42. The molecular weight excluding hydrogens is 332 g/mol. The summed E-state index contributed by atoms with van der Waals surface area (Å²) in [5.41, 5.74) is 0.809. The van der Waals surface area contributed by atoms with Crippen LogP contribution in [0.15, 0.2) is 48.5 Å². The monoisotopic (exact) mass is 354 g/mol. The zero-order valence-corrected chi connectivity index (χ0v) is 15.1. The Kier molecular flexibility index (Phi) is 4.84. The molecule has 26 heavy (non-hydrogen) atoms. The van der Waals surface area contributed by atoms with Crippen molar-refractivity contribution in [3.8, 4) is 11.5 Å². The Balaban J connectivity index is 1.64. The average molecular weight is 354 g/mol. The van der Waals surface area contributed by atoms with E-state index in [9.17, 15) is 9.59 Å². The van der Waals surface area contributed by atoms with Gasteiger partial charge >= 0.3 is 6.03 Å². The normalized spacial score (nSPS) is 19.4. The van der Waals surface area contributed by atoms with Gasteiger partial charge in [-0.2, -0.15) is 0 Å². The fourth-order valence-electron chi connectivity index (χ4n) is 2.91. The molecule has 1 heterocycles. The topological polar surface area (TPSA) is 67.9 Å². The van der Waals surface area contributed by atoms with Gasteiger partial charge in [0.2, 0.25) is 0 Å². The van der Waals surface area contributed by atoms with Crippen molar-refractivity contribution in [3.05, 3.63) is 59.7 Å². The number of hydrogen-bond donors (Lipinski definition) is 1. The Morgan fingerprint density at radius 2 is 1.62 bits per heavy atom. The zero-order valence-electron chi connectivity index (χ0n) is 15.1. The number of carbonyl (C=O) groups excluding carboxylic acids is 2. The first-order valence-corrected chi connectivity index (χ1v) is 8.42. The number of ether oxygens (including phenoxy) is 2. The number of methoxy groups -OCH3 is 1. The number of hydrogen-bond acceptors (Lipinski definition) is 4. The van der Waals surface area contributed by atoms with Crippen LogP contribution in [0.3, 0.4) is 0 Å². The highest BCUT2D eigenvalue weighted by Crippen LogP contribution is 2.29. The van der Waals surface area contributed by atoms with E-state index in [2.05, 4.69) is 5.32 Å². The average Bonchev–Trinajstić information content (AvgIpc) is 2.86. The number of nitrogens with zero attached hydrogens (tertiary/aromatic N) is 1. The van der Waals surface area contributed by atoms with Gasteiger partial charge in [0.15, 0.2) is 0 Å². The van der Waals surface area contributed by atoms with Crippen LogP contribution in [0, 0.1) is 6.92 Å². The maximum Gasteiger partial charge on any atom is 0.325 e. The van der Waals surface area contributed by atoms with Gasteiger partial charge in [-0.05, 0) is 43.7 Å². The predicted molar refractivity (Wildman–Crippen MR) is 97.3 cm³/mol. The molecule has 6 nitrogen and oxygen atoms in total. The van der Waals surface area contributed by atoms with Crippen molar-refractivity contribution in [2.45, 2.75) is 19.4 Å². The quantitative estimate of drug-likeness (QED) is 0.810. The van der Waals surface area contributed by atoms with Crippen LogP contribution >= 0.6 is 0 Å². The molecule has 1 saturated heterocycles. The van der Waals surface area contributed by atoms with Crippen molar-refractivity contribution in [2.75, 3.05) is 20.3 Å². The van der Waals surface area contributed by atoms with Gasteiger partial charge in [-0.15, -0.1) is 0 Å². The molecule has 0 aliphatic carbocycles. The van der Waals surface area contributed by atoms with E-state index < -0.39 is 11.6 Å². The first kappa shape index (κ1) is 17.8. The summed E-state index contributed by atoms with van der Waals surface area (Å²) in [6.45, 7) is 4.10. The molecule has 0 spiro atoms. The van der Waals surface area contributed by atoms with E-state index in [1.807, 2.05) is 31.2 Å². The summed E-state index contributed by atoms with van der Waals surface area (Å²) < 4.78 is 10.7. The Morgan fingerprint density at radius 3 is 2.23 bits per heavy atom. The highest BCUT2D eigenvalue weighted by Gasteiger charge is 2.48. The van der Waals surface area contributed by atoms with Crippen molar-refractivity contribution < 1.29 is 19.1 Å². The molecule has 1 N–H and O–H groups in total. The molecule has 0 bridgehead atoms. The standard InChI is InChI=1S/C20H22N2O4/c1-14-4-6-15(7-5-14)20(2)18(23)22(19(24)21-20)12-13-26-17-10-8-16(25-3)9-11-17/h4-11H,12-13H2,1-3H3,(H,21,24)/t20-/m0/s1. The number of amides is 3. The minimum atomic E-state index is -1.05. The number of carbonyl (C=O) groups is 2.